The van der Waals surface area contributed by atoms with Crippen molar-refractivity contribution in [2.24, 2.45) is 0 Å². The van der Waals surface area contributed by atoms with Gasteiger partial charge in [0.05, 0.1) is 0 Å². The third kappa shape index (κ3) is 49.4. The molecule has 62 heavy (non-hydrogen) atoms. The van der Waals surface area contributed by atoms with Crippen molar-refractivity contribution in [3.63, 3.8) is 0 Å². The van der Waals surface area contributed by atoms with Gasteiger partial charge in [0.25, 0.3) is 0 Å². The number of rotatable bonds is 52. The van der Waals surface area contributed by atoms with E-state index in [1.807, 2.05) is 0 Å². The van der Waals surface area contributed by atoms with Crippen LogP contribution in [-0.2, 0) is 28.6 Å². The van der Waals surface area contributed by atoms with Crippen LogP contribution in [0.3, 0.4) is 0 Å². The van der Waals surface area contributed by atoms with Crippen LogP contribution in [0.25, 0.3) is 0 Å². The molecule has 368 valence electrons. The Balaban J connectivity index is 3.84. The smallest absolute Gasteiger partial charge is 0.306 e. The molecule has 0 saturated carbocycles. The zero-order valence-corrected chi connectivity index (χ0v) is 42.2. The molecule has 0 N–H and O–H groups in total. The molecule has 6 nitrogen and oxygen atoms in total. The zero-order chi connectivity index (χ0) is 45.1. The fourth-order valence-corrected chi connectivity index (χ4v) is 8.62. The SMILES string of the molecule is CCCCCCCCCCCCCCCCCCCCCCCCCCCCCCCC(=O)OCC(COC(=O)CCCCCCC)OC(=O)CCCCCCCCCCCC. The van der Waals surface area contributed by atoms with Gasteiger partial charge >= 0.3 is 17.9 Å². The van der Waals surface area contributed by atoms with Crippen molar-refractivity contribution in [3.05, 3.63) is 0 Å². The lowest BCUT2D eigenvalue weighted by atomic mass is 10.0. The summed E-state index contributed by atoms with van der Waals surface area (Å²) >= 11 is 0. The molecule has 0 spiro atoms. The third-order valence-corrected chi connectivity index (χ3v) is 12.9. The minimum atomic E-state index is -0.757. The van der Waals surface area contributed by atoms with Crippen molar-refractivity contribution < 1.29 is 28.6 Å². The third-order valence-electron chi connectivity index (χ3n) is 12.9. The monoisotopic (exact) mass is 877 g/mol. The molecule has 0 saturated heterocycles. The second-order valence-corrected chi connectivity index (χ2v) is 19.2. The van der Waals surface area contributed by atoms with Crippen LogP contribution in [0.15, 0.2) is 0 Å². The van der Waals surface area contributed by atoms with Gasteiger partial charge in [-0.1, -0.05) is 284 Å². The van der Waals surface area contributed by atoms with Crippen LogP contribution in [0.4, 0.5) is 0 Å². The summed E-state index contributed by atoms with van der Waals surface area (Å²) in [5.41, 5.74) is 0. The molecule has 0 fully saturated rings. The minimum Gasteiger partial charge on any atom is -0.462 e. The number of hydrogen-bond acceptors (Lipinski definition) is 6. The Labute approximate surface area is 387 Å². The van der Waals surface area contributed by atoms with E-state index in [-0.39, 0.29) is 31.1 Å². The van der Waals surface area contributed by atoms with E-state index in [1.165, 1.54) is 218 Å². The molecular formula is C56H108O6. The number of carbonyl (C=O) groups is 3. The Kier molecular flexibility index (Phi) is 50.7. The minimum absolute atomic E-state index is 0.0635. The summed E-state index contributed by atoms with van der Waals surface area (Å²) in [6.07, 6.45) is 57.4. The first-order valence-corrected chi connectivity index (χ1v) is 28.0. The molecule has 0 rings (SSSR count). The molecule has 1 unspecified atom stereocenters. The summed E-state index contributed by atoms with van der Waals surface area (Å²) in [5, 5.41) is 0. The molecule has 0 aromatic carbocycles. The van der Waals surface area contributed by atoms with Gasteiger partial charge in [-0.15, -0.1) is 0 Å². The van der Waals surface area contributed by atoms with Crippen LogP contribution < -0.4 is 0 Å². The topological polar surface area (TPSA) is 78.9 Å². The van der Waals surface area contributed by atoms with Gasteiger partial charge in [0.2, 0.25) is 0 Å². The van der Waals surface area contributed by atoms with E-state index < -0.39 is 6.10 Å². The van der Waals surface area contributed by atoms with Crippen LogP contribution in [-0.4, -0.2) is 37.2 Å². The molecule has 0 aliphatic carbocycles. The highest BCUT2D eigenvalue weighted by Crippen LogP contribution is 2.18. The first kappa shape index (κ1) is 60.4. The Bertz CT molecular complexity index is 920. The van der Waals surface area contributed by atoms with E-state index in [1.54, 1.807) is 0 Å². The number of unbranched alkanes of at least 4 members (excludes halogenated alkanes) is 41. The Morgan fingerprint density at radius 1 is 0.258 bits per heavy atom. The zero-order valence-electron chi connectivity index (χ0n) is 42.2. The molecule has 0 amide bonds. The van der Waals surface area contributed by atoms with Gasteiger partial charge in [-0.2, -0.15) is 0 Å². The predicted molar refractivity (Wildman–Crippen MR) is 266 cm³/mol. The lowest BCUT2D eigenvalue weighted by Gasteiger charge is -2.18. The van der Waals surface area contributed by atoms with E-state index in [9.17, 15) is 14.4 Å². The van der Waals surface area contributed by atoms with Crippen molar-refractivity contribution in [2.75, 3.05) is 13.2 Å². The highest BCUT2D eigenvalue weighted by atomic mass is 16.6. The lowest BCUT2D eigenvalue weighted by molar-refractivity contribution is -0.167. The van der Waals surface area contributed by atoms with Gasteiger partial charge in [0.15, 0.2) is 6.10 Å². The molecule has 0 aromatic heterocycles. The quantitative estimate of drug-likeness (QED) is 0.0344. The molecule has 0 radical (unpaired) electrons. The summed E-state index contributed by atoms with van der Waals surface area (Å²) in [6, 6.07) is 0. The van der Waals surface area contributed by atoms with Gasteiger partial charge in [-0.25, -0.2) is 0 Å². The van der Waals surface area contributed by atoms with Crippen molar-refractivity contribution in [1.29, 1.82) is 0 Å². The Morgan fingerprint density at radius 3 is 0.645 bits per heavy atom. The van der Waals surface area contributed by atoms with Gasteiger partial charge in [-0.05, 0) is 19.3 Å². The van der Waals surface area contributed by atoms with E-state index in [0.717, 1.165) is 64.2 Å². The summed E-state index contributed by atoms with van der Waals surface area (Å²) in [5.74, 6) is -0.861. The largest absolute Gasteiger partial charge is 0.462 e. The Morgan fingerprint density at radius 2 is 0.435 bits per heavy atom. The average molecular weight is 877 g/mol. The Hall–Kier alpha value is -1.59. The summed E-state index contributed by atoms with van der Waals surface area (Å²) in [7, 11) is 0. The van der Waals surface area contributed by atoms with Crippen LogP contribution in [0.2, 0.25) is 0 Å². The van der Waals surface area contributed by atoms with E-state index in [0.29, 0.717) is 19.3 Å². The molecule has 0 aliphatic rings. The van der Waals surface area contributed by atoms with Crippen LogP contribution in [0, 0.1) is 0 Å². The predicted octanol–water partition coefficient (Wildman–Crippen LogP) is 18.4. The van der Waals surface area contributed by atoms with Crippen molar-refractivity contribution >= 4 is 17.9 Å². The van der Waals surface area contributed by atoms with Crippen LogP contribution in [0.1, 0.15) is 323 Å². The lowest BCUT2D eigenvalue weighted by Crippen LogP contribution is -2.30. The maximum atomic E-state index is 12.7. The van der Waals surface area contributed by atoms with E-state index >= 15 is 0 Å². The highest BCUT2D eigenvalue weighted by molar-refractivity contribution is 5.71. The van der Waals surface area contributed by atoms with Crippen molar-refractivity contribution in [1.82, 2.24) is 0 Å². The van der Waals surface area contributed by atoms with E-state index in [2.05, 4.69) is 20.8 Å². The molecule has 6 heteroatoms. The van der Waals surface area contributed by atoms with Crippen LogP contribution >= 0.6 is 0 Å². The number of esters is 3. The summed E-state index contributed by atoms with van der Waals surface area (Å²) in [6.45, 7) is 6.59. The molecule has 0 bridgehead atoms. The molecular weight excluding hydrogens is 769 g/mol. The first-order chi connectivity index (χ1) is 30.5. The second kappa shape index (κ2) is 52.0. The van der Waals surface area contributed by atoms with Crippen molar-refractivity contribution in [3.8, 4) is 0 Å². The van der Waals surface area contributed by atoms with Crippen molar-refractivity contribution in [2.45, 2.75) is 329 Å². The van der Waals surface area contributed by atoms with Crippen LogP contribution in [0.5, 0.6) is 0 Å². The van der Waals surface area contributed by atoms with Gasteiger partial charge in [-0.3, -0.25) is 14.4 Å². The number of ether oxygens (including phenoxy) is 3. The molecule has 1 atom stereocenters. The number of hydrogen-bond donors (Lipinski definition) is 0. The van der Waals surface area contributed by atoms with Gasteiger partial charge in [0, 0.05) is 19.3 Å². The second-order valence-electron chi connectivity index (χ2n) is 19.2. The fraction of sp³-hybridized carbons (Fsp3) is 0.946. The van der Waals surface area contributed by atoms with Gasteiger partial charge < -0.3 is 14.2 Å². The summed E-state index contributed by atoms with van der Waals surface area (Å²) in [4.78, 5) is 37.6. The summed E-state index contributed by atoms with van der Waals surface area (Å²) < 4.78 is 16.7. The fourth-order valence-electron chi connectivity index (χ4n) is 8.62. The number of carbonyl (C=O) groups excluding carboxylic acids is 3. The average Bonchev–Trinajstić information content (AvgIpc) is 3.27. The maximum absolute atomic E-state index is 12.7. The van der Waals surface area contributed by atoms with E-state index in [4.69, 9.17) is 14.2 Å². The molecule has 0 aliphatic heterocycles. The molecule has 0 aromatic rings. The molecule has 0 heterocycles. The standard InChI is InChI=1S/C56H108O6/c1-4-7-10-13-15-17-19-20-21-22-23-24-25-26-27-28-29-30-31-32-33-34-35-36-37-39-40-43-46-49-55(58)61-52-53(51-60-54(57)48-45-42-12-9-6-3)62-56(59)50-47-44-41-38-18-16-14-11-8-5-2/h53H,4-52H2,1-3H3. The maximum Gasteiger partial charge on any atom is 0.306 e. The van der Waals surface area contributed by atoms with Gasteiger partial charge in [0.1, 0.15) is 13.2 Å². The first-order valence-electron chi connectivity index (χ1n) is 28.0. The highest BCUT2D eigenvalue weighted by Gasteiger charge is 2.19. The normalized spacial score (nSPS) is 11.9.